The fraction of sp³-hybridized carbons (Fsp3) is 0.333. The number of carbonyl (C=O) groups excluding carboxylic acids is 1. The monoisotopic (exact) mass is 559 g/mol. The van der Waals surface area contributed by atoms with Crippen molar-refractivity contribution >= 4 is 32.5 Å². The van der Waals surface area contributed by atoms with Crippen LogP contribution in [0.3, 0.4) is 0 Å². The zero-order valence-electron chi connectivity index (χ0n) is 23.1. The van der Waals surface area contributed by atoms with Crippen LogP contribution in [0.5, 0.6) is 0 Å². The van der Waals surface area contributed by atoms with E-state index in [2.05, 4.69) is 29.0 Å². The quantitative estimate of drug-likeness (QED) is 0.371. The summed E-state index contributed by atoms with van der Waals surface area (Å²) >= 11 is 0. The van der Waals surface area contributed by atoms with Crippen molar-refractivity contribution in [3.05, 3.63) is 77.6 Å². The van der Waals surface area contributed by atoms with Gasteiger partial charge in [-0.25, -0.2) is 18.4 Å². The van der Waals surface area contributed by atoms with E-state index in [0.717, 1.165) is 60.5 Å². The summed E-state index contributed by atoms with van der Waals surface area (Å²) in [6.07, 6.45) is 3.80. The highest BCUT2D eigenvalue weighted by Gasteiger charge is 2.26. The van der Waals surface area contributed by atoms with Crippen LogP contribution < -0.4 is 10.2 Å². The molecule has 1 aliphatic heterocycles. The number of amides is 1. The number of fused-ring (bicyclic) bond motifs is 1. The molecule has 9 nitrogen and oxygen atoms in total. The summed E-state index contributed by atoms with van der Waals surface area (Å²) in [5.74, 6) is 0.517. The number of nitrogens with one attached hydrogen (secondary N) is 1. The Morgan fingerprint density at radius 1 is 1.07 bits per heavy atom. The van der Waals surface area contributed by atoms with E-state index in [4.69, 9.17) is 14.7 Å². The van der Waals surface area contributed by atoms with E-state index >= 15 is 0 Å². The molecule has 1 aromatic carbocycles. The molecule has 3 aromatic heterocycles. The normalized spacial score (nSPS) is 15.6. The van der Waals surface area contributed by atoms with E-state index in [1.54, 1.807) is 25.3 Å². The van der Waals surface area contributed by atoms with E-state index in [1.807, 2.05) is 36.4 Å². The molecule has 0 unspecified atom stereocenters. The summed E-state index contributed by atoms with van der Waals surface area (Å²) in [5.41, 5.74) is 3.52. The number of ether oxygens (including phenoxy) is 1. The molecule has 208 valence electrons. The topological polar surface area (TPSA) is 114 Å². The molecule has 0 radical (unpaired) electrons. The van der Waals surface area contributed by atoms with E-state index in [9.17, 15) is 13.2 Å². The van der Waals surface area contributed by atoms with Crippen molar-refractivity contribution in [1.29, 1.82) is 0 Å². The fourth-order valence-corrected chi connectivity index (χ4v) is 5.83. The lowest BCUT2D eigenvalue weighted by atomic mass is 10.1. The number of nitrogens with zero attached hydrogens (tertiary/aromatic N) is 4. The molecule has 0 saturated carbocycles. The number of benzene rings is 1. The zero-order chi connectivity index (χ0) is 28.5. The van der Waals surface area contributed by atoms with Crippen molar-refractivity contribution < 1.29 is 17.9 Å². The molecule has 4 aromatic rings. The van der Waals surface area contributed by atoms with Crippen LogP contribution in [0.25, 0.3) is 22.3 Å². The van der Waals surface area contributed by atoms with Gasteiger partial charge in [-0.05, 0) is 75.2 Å². The molecular weight excluding hydrogens is 526 g/mol. The number of hydrogen-bond acceptors (Lipinski definition) is 8. The van der Waals surface area contributed by atoms with Gasteiger partial charge < -0.3 is 15.0 Å². The molecule has 4 heterocycles. The Bertz CT molecular complexity index is 1690. The van der Waals surface area contributed by atoms with Crippen molar-refractivity contribution in [1.82, 2.24) is 20.3 Å². The summed E-state index contributed by atoms with van der Waals surface area (Å²) in [4.78, 5) is 29.4. The molecule has 5 rings (SSSR count). The number of aryl methyl sites for hydroxylation is 1. The van der Waals surface area contributed by atoms with Gasteiger partial charge in [0.1, 0.15) is 5.82 Å². The first-order chi connectivity index (χ1) is 19.0. The minimum atomic E-state index is -3.44. The predicted molar refractivity (Wildman–Crippen MR) is 155 cm³/mol. The second-order valence-electron chi connectivity index (χ2n) is 10.8. The van der Waals surface area contributed by atoms with E-state index in [-0.39, 0.29) is 28.5 Å². The Morgan fingerprint density at radius 2 is 1.88 bits per heavy atom. The minimum Gasteiger partial charge on any atom is -0.374 e. The molecule has 1 amide bonds. The molecule has 1 aliphatic rings. The number of aromatic nitrogens is 3. The Labute approximate surface area is 234 Å². The van der Waals surface area contributed by atoms with Gasteiger partial charge in [0, 0.05) is 43.1 Å². The van der Waals surface area contributed by atoms with E-state index in [0.29, 0.717) is 11.3 Å². The largest absolute Gasteiger partial charge is 0.374 e. The molecule has 10 heteroatoms. The van der Waals surface area contributed by atoms with Gasteiger partial charge in [-0.15, -0.1) is 0 Å². The van der Waals surface area contributed by atoms with Crippen molar-refractivity contribution in [3.8, 4) is 11.4 Å². The van der Waals surface area contributed by atoms with Crippen molar-refractivity contribution in [2.24, 2.45) is 0 Å². The van der Waals surface area contributed by atoms with Crippen LogP contribution in [0.4, 0.5) is 5.82 Å². The van der Waals surface area contributed by atoms with Gasteiger partial charge >= 0.3 is 0 Å². The SMILES string of the molecule is Cc1ccc(C(=O)NCc2cc3nc(-c4cccc(N5CCCOC(C)(C)C5)n4)ccc3cn2)cc1S(C)(=O)=O. The summed E-state index contributed by atoms with van der Waals surface area (Å²) < 4.78 is 30.0. The number of hydrogen-bond donors (Lipinski definition) is 1. The van der Waals surface area contributed by atoms with Gasteiger partial charge in [0.05, 0.1) is 39.6 Å². The first-order valence-corrected chi connectivity index (χ1v) is 15.1. The number of anilines is 1. The van der Waals surface area contributed by atoms with Crippen LogP contribution in [-0.2, 0) is 21.1 Å². The summed E-state index contributed by atoms with van der Waals surface area (Å²) in [6, 6.07) is 16.4. The summed E-state index contributed by atoms with van der Waals surface area (Å²) in [7, 11) is -3.44. The molecule has 0 bridgehead atoms. The molecule has 0 spiro atoms. The summed E-state index contributed by atoms with van der Waals surface area (Å²) in [5, 5.41) is 3.70. The van der Waals surface area contributed by atoms with Crippen LogP contribution in [0.1, 0.15) is 41.9 Å². The minimum absolute atomic E-state index is 0.145. The lowest BCUT2D eigenvalue weighted by Crippen LogP contribution is -2.38. The van der Waals surface area contributed by atoms with Gasteiger partial charge in [-0.3, -0.25) is 9.78 Å². The molecule has 1 N–H and O–H groups in total. The van der Waals surface area contributed by atoms with Gasteiger partial charge in [0.2, 0.25) is 0 Å². The highest BCUT2D eigenvalue weighted by atomic mass is 32.2. The first-order valence-electron chi connectivity index (χ1n) is 13.2. The average Bonchev–Trinajstić information content (AvgIpc) is 3.11. The van der Waals surface area contributed by atoms with Crippen molar-refractivity contribution in [2.75, 3.05) is 30.9 Å². The third-order valence-corrected chi connectivity index (χ3v) is 8.11. The Hall–Kier alpha value is -3.89. The third-order valence-electron chi connectivity index (χ3n) is 6.87. The van der Waals surface area contributed by atoms with Gasteiger partial charge in [-0.2, -0.15) is 0 Å². The fourth-order valence-electron chi connectivity index (χ4n) is 4.84. The standard InChI is InChI=1S/C30H33N5O4S/c1-20-9-10-21(15-27(20)40(4,37)38)29(36)32-18-23-16-26-22(17-31-23)11-12-25(33-26)24-7-5-8-28(34-24)35-13-6-14-39-30(2,3)19-35/h5,7-12,15-17H,6,13-14,18-19H2,1-4H3,(H,32,36). The molecule has 0 atom stereocenters. The molecule has 1 fully saturated rings. The molecular formula is C30H33N5O4S. The van der Waals surface area contributed by atoms with Crippen LogP contribution in [-0.4, -0.2) is 60.8 Å². The Balaban J connectivity index is 1.34. The Morgan fingerprint density at radius 3 is 2.67 bits per heavy atom. The average molecular weight is 560 g/mol. The van der Waals surface area contributed by atoms with Crippen molar-refractivity contribution in [3.63, 3.8) is 0 Å². The maximum absolute atomic E-state index is 12.8. The van der Waals surface area contributed by atoms with Crippen LogP contribution in [0, 0.1) is 6.92 Å². The van der Waals surface area contributed by atoms with Crippen LogP contribution in [0.2, 0.25) is 0 Å². The first kappa shape index (κ1) is 27.7. The van der Waals surface area contributed by atoms with Crippen molar-refractivity contribution in [2.45, 2.75) is 44.2 Å². The molecule has 0 aliphatic carbocycles. The van der Waals surface area contributed by atoms with Gasteiger partial charge in [-0.1, -0.05) is 12.1 Å². The highest BCUT2D eigenvalue weighted by Crippen LogP contribution is 2.25. The van der Waals surface area contributed by atoms with Crippen LogP contribution in [0.15, 0.2) is 65.7 Å². The maximum atomic E-state index is 12.8. The van der Waals surface area contributed by atoms with E-state index < -0.39 is 9.84 Å². The smallest absolute Gasteiger partial charge is 0.251 e. The second-order valence-corrected chi connectivity index (χ2v) is 12.7. The third kappa shape index (κ3) is 6.29. The number of rotatable bonds is 6. The lowest BCUT2D eigenvalue weighted by Gasteiger charge is -2.30. The van der Waals surface area contributed by atoms with Gasteiger partial charge in [0.25, 0.3) is 5.91 Å². The number of sulfone groups is 1. The zero-order valence-corrected chi connectivity index (χ0v) is 24.0. The summed E-state index contributed by atoms with van der Waals surface area (Å²) in [6.45, 7) is 8.44. The number of pyridine rings is 3. The highest BCUT2D eigenvalue weighted by molar-refractivity contribution is 7.90. The maximum Gasteiger partial charge on any atom is 0.251 e. The van der Waals surface area contributed by atoms with Crippen LogP contribution >= 0.6 is 0 Å². The second kappa shape index (κ2) is 10.9. The number of carbonyl (C=O) groups is 1. The molecule has 40 heavy (non-hydrogen) atoms. The Kier molecular flexibility index (Phi) is 7.57. The molecule has 1 saturated heterocycles. The predicted octanol–water partition coefficient (Wildman–Crippen LogP) is 4.34. The van der Waals surface area contributed by atoms with Gasteiger partial charge in [0.15, 0.2) is 9.84 Å². The lowest BCUT2D eigenvalue weighted by molar-refractivity contribution is -0.00149. The van der Waals surface area contributed by atoms with E-state index in [1.165, 1.54) is 6.07 Å².